The SMILES string of the molecule is Cc1ccc(C2=NNC(c3ccc(F)cc3)=Nc3ccc(Br)cc32)cc1. The molecule has 0 aromatic heterocycles. The molecule has 0 saturated heterocycles. The summed E-state index contributed by atoms with van der Waals surface area (Å²) in [7, 11) is 0. The molecule has 1 aliphatic rings. The molecule has 1 heterocycles. The van der Waals surface area contributed by atoms with Crippen LogP contribution in [0.4, 0.5) is 10.1 Å². The van der Waals surface area contributed by atoms with E-state index >= 15 is 0 Å². The van der Waals surface area contributed by atoms with Crippen molar-refractivity contribution < 1.29 is 4.39 Å². The van der Waals surface area contributed by atoms with Crippen LogP contribution in [0.1, 0.15) is 22.3 Å². The van der Waals surface area contributed by atoms with E-state index in [4.69, 9.17) is 4.99 Å². The number of nitrogens with zero attached hydrogens (tertiary/aromatic N) is 2. The van der Waals surface area contributed by atoms with Crippen LogP contribution >= 0.6 is 15.9 Å². The molecule has 0 bridgehead atoms. The first-order valence-electron chi connectivity index (χ1n) is 8.15. The zero-order chi connectivity index (χ0) is 18.1. The molecule has 5 heteroatoms. The number of hydrazone groups is 1. The molecular formula is C21H15BrFN3. The van der Waals surface area contributed by atoms with Gasteiger partial charge < -0.3 is 0 Å². The van der Waals surface area contributed by atoms with Crippen molar-refractivity contribution in [2.45, 2.75) is 6.92 Å². The molecule has 3 nitrogen and oxygen atoms in total. The standard InChI is InChI=1S/C21H15BrFN3/c1-13-2-4-14(5-3-13)20-18-12-16(22)8-11-19(18)24-21(26-25-20)15-6-9-17(23)10-7-15/h2-12H,1H3,(H,24,26). The third kappa shape index (κ3) is 3.30. The maximum absolute atomic E-state index is 13.2. The van der Waals surface area contributed by atoms with Gasteiger partial charge >= 0.3 is 0 Å². The number of rotatable bonds is 2. The van der Waals surface area contributed by atoms with Gasteiger partial charge in [-0.2, -0.15) is 5.10 Å². The maximum Gasteiger partial charge on any atom is 0.154 e. The van der Waals surface area contributed by atoms with E-state index in [-0.39, 0.29) is 5.82 Å². The molecule has 0 radical (unpaired) electrons. The van der Waals surface area contributed by atoms with Crippen LogP contribution in [-0.2, 0) is 0 Å². The van der Waals surface area contributed by atoms with Crippen LogP contribution in [0.3, 0.4) is 0 Å². The fourth-order valence-corrected chi connectivity index (χ4v) is 3.14. The zero-order valence-corrected chi connectivity index (χ0v) is 15.6. The van der Waals surface area contributed by atoms with E-state index in [1.807, 2.05) is 30.3 Å². The normalized spacial score (nSPS) is 13.2. The summed E-state index contributed by atoms with van der Waals surface area (Å²) < 4.78 is 14.2. The lowest BCUT2D eigenvalue weighted by Crippen LogP contribution is -2.19. The summed E-state index contributed by atoms with van der Waals surface area (Å²) in [5.41, 5.74) is 8.54. The second-order valence-corrected chi connectivity index (χ2v) is 6.98. The predicted octanol–water partition coefficient (Wildman–Crippen LogP) is 5.33. The van der Waals surface area contributed by atoms with Crippen LogP contribution in [0.2, 0.25) is 0 Å². The van der Waals surface area contributed by atoms with Gasteiger partial charge in [0.2, 0.25) is 0 Å². The number of benzene rings is 3. The van der Waals surface area contributed by atoms with Crippen molar-refractivity contribution in [2.75, 3.05) is 0 Å². The van der Waals surface area contributed by atoms with Gasteiger partial charge in [0.15, 0.2) is 5.84 Å². The molecule has 128 valence electrons. The van der Waals surface area contributed by atoms with E-state index < -0.39 is 0 Å². The fraction of sp³-hybridized carbons (Fsp3) is 0.0476. The Balaban J connectivity index is 1.85. The first-order chi connectivity index (χ1) is 12.6. The van der Waals surface area contributed by atoms with Gasteiger partial charge in [-0.3, -0.25) is 5.43 Å². The highest BCUT2D eigenvalue weighted by Crippen LogP contribution is 2.28. The number of aryl methyl sites for hydroxylation is 1. The van der Waals surface area contributed by atoms with Gasteiger partial charge in [-0.15, -0.1) is 0 Å². The Hall–Kier alpha value is -2.79. The summed E-state index contributed by atoms with van der Waals surface area (Å²) >= 11 is 3.53. The molecule has 0 spiro atoms. The lowest BCUT2D eigenvalue weighted by Gasteiger charge is -2.08. The summed E-state index contributed by atoms with van der Waals surface area (Å²) in [5.74, 6) is 0.298. The van der Waals surface area contributed by atoms with Gasteiger partial charge in [-0.1, -0.05) is 45.8 Å². The Kier molecular flexibility index (Phi) is 4.39. The number of aliphatic imine (C=N–C) groups is 1. The highest BCUT2D eigenvalue weighted by molar-refractivity contribution is 9.10. The molecule has 3 aromatic carbocycles. The van der Waals surface area contributed by atoms with E-state index in [2.05, 4.69) is 45.5 Å². The van der Waals surface area contributed by atoms with Crippen LogP contribution in [0, 0.1) is 12.7 Å². The third-order valence-corrected chi connectivity index (χ3v) is 4.66. The second-order valence-electron chi connectivity index (χ2n) is 6.07. The van der Waals surface area contributed by atoms with Crippen LogP contribution in [0.5, 0.6) is 0 Å². The van der Waals surface area contributed by atoms with Crippen LogP contribution < -0.4 is 5.43 Å². The Bertz CT molecular complexity index is 1020. The minimum Gasteiger partial charge on any atom is -0.260 e. The molecule has 1 N–H and O–H groups in total. The molecule has 26 heavy (non-hydrogen) atoms. The summed E-state index contributed by atoms with van der Waals surface area (Å²) in [6, 6.07) is 20.3. The Morgan fingerprint density at radius 2 is 1.58 bits per heavy atom. The molecule has 0 fully saturated rings. The molecule has 4 rings (SSSR count). The quantitative estimate of drug-likeness (QED) is 0.612. The lowest BCUT2D eigenvalue weighted by atomic mass is 10.00. The Morgan fingerprint density at radius 3 is 2.31 bits per heavy atom. The van der Waals surface area contributed by atoms with Crippen molar-refractivity contribution in [3.05, 3.63) is 99.3 Å². The van der Waals surface area contributed by atoms with Crippen molar-refractivity contribution in [1.29, 1.82) is 0 Å². The second kappa shape index (κ2) is 6.84. The summed E-state index contributed by atoms with van der Waals surface area (Å²) in [6.45, 7) is 2.05. The van der Waals surface area contributed by atoms with E-state index in [1.54, 1.807) is 12.1 Å². The minimum absolute atomic E-state index is 0.281. The van der Waals surface area contributed by atoms with Crippen molar-refractivity contribution in [3.63, 3.8) is 0 Å². The number of hydrogen-bond donors (Lipinski definition) is 1. The van der Waals surface area contributed by atoms with Gasteiger partial charge in [-0.05, 0) is 49.4 Å². The average Bonchev–Trinajstić information content (AvgIpc) is 2.83. The minimum atomic E-state index is -0.281. The average molecular weight is 408 g/mol. The zero-order valence-electron chi connectivity index (χ0n) is 14.0. The van der Waals surface area contributed by atoms with E-state index in [9.17, 15) is 4.39 Å². The monoisotopic (exact) mass is 407 g/mol. The molecular weight excluding hydrogens is 393 g/mol. The number of hydrogen-bond acceptors (Lipinski definition) is 3. The number of amidine groups is 1. The number of nitrogens with one attached hydrogen (secondary N) is 1. The van der Waals surface area contributed by atoms with Crippen molar-refractivity contribution >= 4 is 33.2 Å². The first kappa shape index (κ1) is 16.7. The van der Waals surface area contributed by atoms with E-state index in [1.165, 1.54) is 17.7 Å². The highest BCUT2D eigenvalue weighted by Gasteiger charge is 2.17. The fourth-order valence-electron chi connectivity index (χ4n) is 2.78. The van der Waals surface area contributed by atoms with E-state index in [0.29, 0.717) is 5.84 Å². The molecule has 0 unspecified atom stereocenters. The molecule has 3 aromatic rings. The van der Waals surface area contributed by atoms with Crippen LogP contribution in [0.15, 0.2) is 81.3 Å². The summed E-state index contributed by atoms with van der Waals surface area (Å²) in [5, 5.41) is 4.61. The molecule has 1 aliphatic heterocycles. The maximum atomic E-state index is 13.2. The van der Waals surface area contributed by atoms with Gasteiger partial charge in [0, 0.05) is 21.2 Å². The van der Waals surface area contributed by atoms with Crippen molar-refractivity contribution in [3.8, 4) is 0 Å². The van der Waals surface area contributed by atoms with Gasteiger partial charge in [0.25, 0.3) is 0 Å². The Morgan fingerprint density at radius 1 is 0.885 bits per heavy atom. The van der Waals surface area contributed by atoms with Crippen molar-refractivity contribution in [2.24, 2.45) is 10.1 Å². The largest absolute Gasteiger partial charge is 0.260 e. The third-order valence-electron chi connectivity index (χ3n) is 4.16. The van der Waals surface area contributed by atoms with Crippen molar-refractivity contribution in [1.82, 2.24) is 5.43 Å². The van der Waals surface area contributed by atoms with Gasteiger partial charge in [-0.25, -0.2) is 9.38 Å². The smallest absolute Gasteiger partial charge is 0.154 e. The van der Waals surface area contributed by atoms with Crippen LogP contribution in [0.25, 0.3) is 0 Å². The first-order valence-corrected chi connectivity index (χ1v) is 8.95. The summed E-state index contributed by atoms with van der Waals surface area (Å²) in [4.78, 5) is 4.72. The highest BCUT2D eigenvalue weighted by atomic mass is 79.9. The Labute approximate surface area is 159 Å². The molecule has 0 saturated carbocycles. The number of fused-ring (bicyclic) bond motifs is 1. The summed E-state index contributed by atoms with van der Waals surface area (Å²) in [6.07, 6.45) is 0. The van der Waals surface area contributed by atoms with Gasteiger partial charge in [0.1, 0.15) is 11.5 Å². The lowest BCUT2D eigenvalue weighted by molar-refractivity contribution is 0.627. The molecule has 0 aliphatic carbocycles. The van der Waals surface area contributed by atoms with Crippen LogP contribution in [-0.4, -0.2) is 11.5 Å². The topological polar surface area (TPSA) is 36.8 Å². The van der Waals surface area contributed by atoms with E-state index in [0.717, 1.165) is 32.6 Å². The molecule has 0 amide bonds. The molecule has 0 atom stereocenters. The van der Waals surface area contributed by atoms with Gasteiger partial charge in [0.05, 0.1) is 5.69 Å². The predicted molar refractivity (Wildman–Crippen MR) is 107 cm³/mol. The number of halogens is 2.